The van der Waals surface area contributed by atoms with Crippen molar-refractivity contribution in [2.45, 2.75) is 19.6 Å². The third kappa shape index (κ3) is 4.19. The van der Waals surface area contributed by atoms with Gasteiger partial charge in [0.25, 0.3) is 0 Å². The molecule has 0 saturated heterocycles. The summed E-state index contributed by atoms with van der Waals surface area (Å²) in [5.41, 5.74) is 1.21. The Bertz CT molecular complexity index is 844. The van der Waals surface area contributed by atoms with Gasteiger partial charge in [0.1, 0.15) is 25.6 Å². The number of hydrogen-bond acceptors (Lipinski definition) is 6. The largest absolute Gasteiger partial charge is 0.486 e. The van der Waals surface area contributed by atoms with Crippen molar-refractivity contribution in [3.63, 3.8) is 0 Å². The van der Waals surface area contributed by atoms with Crippen LogP contribution < -0.4 is 14.2 Å². The lowest BCUT2D eigenvalue weighted by atomic mass is 10.2. The zero-order valence-corrected chi connectivity index (χ0v) is 14.8. The molecule has 1 unspecified atom stereocenters. The normalized spacial score (nSPS) is 13.4. The number of ether oxygens (including phenoxy) is 4. The minimum atomic E-state index is -0.796. The van der Waals surface area contributed by atoms with Crippen molar-refractivity contribution in [1.29, 1.82) is 5.26 Å². The smallest absolute Gasteiger partial charge is 0.347 e. The summed E-state index contributed by atoms with van der Waals surface area (Å²) in [6, 6.07) is 11.9. The monoisotopic (exact) mass is 373 g/mol. The average Bonchev–Trinajstić information content (AvgIpc) is 2.66. The molecule has 134 valence electrons. The molecule has 0 amide bonds. The second-order valence-electron chi connectivity index (χ2n) is 5.61. The number of rotatable bonds is 5. The lowest BCUT2D eigenvalue weighted by Gasteiger charge is -2.20. The van der Waals surface area contributed by atoms with Crippen LogP contribution >= 0.6 is 11.6 Å². The molecule has 3 rings (SSSR count). The number of carbonyl (C=O) groups is 1. The fraction of sp³-hybridized carbons (Fsp3) is 0.263. The molecule has 1 aliphatic rings. The van der Waals surface area contributed by atoms with Crippen molar-refractivity contribution < 1.29 is 23.7 Å². The molecule has 0 aromatic heterocycles. The average molecular weight is 374 g/mol. The molecule has 0 saturated carbocycles. The SMILES string of the molecule is CC(Oc1ccc(C#N)cc1)C(=O)OCc1cc(Cl)c2c(c1)OCCO2. The van der Waals surface area contributed by atoms with E-state index in [0.717, 1.165) is 0 Å². The Kier molecular flexibility index (Phi) is 5.49. The third-order valence-corrected chi connectivity index (χ3v) is 3.95. The van der Waals surface area contributed by atoms with E-state index >= 15 is 0 Å². The molecule has 1 heterocycles. The summed E-state index contributed by atoms with van der Waals surface area (Å²) >= 11 is 6.16. The van der Waals surface area contributed by atoms with E-state index in [1.165, 1.54) is 0 Å². The lowest BCUT2D eigenvalue weighted by molar-refractivity contribution is -0.152. The summed E-state index contributed by atoms with van der Waals surface area (Å²) in [7, 11) is 0. The molecule has 7 heteroatoms. The predicted octanol–water partition coefficient (Wildman–Crippen LogP) is 3.49. The van der Waals surface area contributed by atoms with E-state index in [0.29, 0.717) is 46.6 Å². The van der Waals surface area contributed by atoms with Gasteiger partial charge in [-0.05, 0) is 48.9 Å². The number of nitriles is 1. The number of esters is 1. The maximum atomic E-state index is 12.1. The summed E-state index contributed by atoms with van der Waals surface area (Å²) in [5, 5.41) is 9.19. The van der Waals surface area contributed by atoms with Crippen LogP contribution in [-0.2, 0) is 16.1 Å². The topological polar surface area (TPSA) is 77.8 Å². The number of benzene rings is 2. The number of carbonyl (C=O) groups excluding carboxylic acids is 1. The van der Waals surface area contributed by atoms with Gasteiger partial charge in [-0.25, -0.2) is 4.79 Å². The molecule has 1 aliphatic heterocycles. The summed E-state index contributed by atoms with van der Waals surface area (Å²) in [6.45, 7) is 2.53. The second-order valence-corrected chi connectivity index (χ2v) is 6.01. The molecular formula is C19H16ClNO5. The first kappa shape index (κ1) is 17.9. The van der Waals surface area contributed by atoms with Gasteiger partial charge in [-0.3, -0.25) is 0 Å². The minimum Gasteiger partial charge on any atom is -0.486 e. The molecule has 6 nitrogen and oxygen atoms in total. The van der Waals surface area contributed by atoms with Crippen molar-refractivity contribution >= 4 is 17.6 Å². The maximum absolute atomic E-state index is 12.1. The standard InChI is InChI=1S/C19H16ClNO5/c1-12(26-15-4-2-13(10-21)3-5-15)19(22)25-11-14-8-16(20)18-17(9-14)23-6-7-24-18/h2-5,8-9,12H,6-7,11H2,1H3. The Morgan fingerprint density at radius 2 is 2.00 bits per heavy atom. The first-order valence-corrected chi connectivity index (χ1v) is 8.36. The molecule has 2 aromatic carbocycles. The van der Waals surface area contributed by atoms with Crippen molar-refractivity contribution in [1.82, 2.24) is 0 Å². The van der Waals surface area contributed by atoms with Crippen LogP contribution in [0.5, 0.6) is 17.2 Å². The van der Waals surface area contributed by atoms with E-state index in [4.69, 9.17) is 35.8 Å². The van der Waals surface area contributed by atoms with E-state index in [-0.39, 0.29) is 6.61 Å². The molecule has 2 aromatic rings. The highest BCUT2D eigenvalue weighted by Crippen LogP contribution is 2.38. The van der Waals surface area contributed by atoms with Crippen LogP contribution in [0.3, 0.4) is 0 Å². The molecule has 0 bridgehead atoms. The molecule has 0 radical (unpaired) electrons. The molecule has 1 atom stereocenters. The zero-order chi connectivity index (χ0) is 18.5. The van der Waals surface area contributed by atoms with Crippen molar-refractivity contribution in [3.05, 3.63) is 52.5 Å². The van der Waals surface area contributed by atoms with E-state index in [9.17, 15) is 4.79 Å². The lowest BCUT2D eigenvalue weighted by Crippen LogP contribution is -2.26. The molecular weight excluding hydrogens is 358 g/mol. The molecule has 0 spiro atoms. The van der Waals surface area contributed by atoms with E-state index < -0.39 is 12.1 Å². The van der Waals surface area contributed by atoms with Gasteiger partial charge in [-0.2, -0.15) is 5.26 Å². The number of fused-ring (bicyclic) bond motifs is 1. The predicted molar refractivity (Wildman–Crippen MR) is 93.5 cm³/mol. The Balaban J connectivity index is 1.57. The quantitative estimate of drug-likeness (QED) is 0.746. The van der Waals surface area contributed by atoms with Crippen molar-refractivity contribution in [2.75, 3.05) is 13.2 Å². The van der Waals surface area contributed by atoms with Gasteiger partial charge in [0.05, 0.1) is 16.7 Å². The first-order chi connectivity index (χ1) is 12.6. The number of hydrogen-bond donors (Lipinski definition) is 0. The maximum Gasteiger partial charge on any atom is 0.347 e. The second kappa shape index (κ2) is 7.98. The van der Waals surface area contributed by atoms with E-state index in [1.807, 2.05) is 6.07 Å². The van der Waals surface area contributed by atoms with E-state index in [2.05, 4.69) is 0 Å². The Labute approximate surface area is 155 Å². The highest BCUT2D eigenvalue weighted by atomic mass is 35.5. The Morgan fingerprint density at radius 3 is 2.73 bits per heavy atom. The van der Waals surface area contributed by atoms with Gasteiger partial charge in [0.15, 0.2) is 17.6 Å². The number of nitrogens with zero attached hydrogens (tertiary/aromatic N) is 1. The molecule has 26 heavy (non-hydrogen) atoms. The van der Waals surface area contributed by atoms with Crippen LogP contribution in [0.1, 0.15) is 18.1 Å². The highest BCUT2D eigenvalue weighted by molar-refractivity contribution is 6.32. The van der Waals surface area contributed by atoms with Gasteiger partial charge < -0.3 is 18.9 Å². The van der Waals surface area contributed by atoms with E-state index in [1.54, 1.807) is 43.3 Å². The van der Waals surface area contributed by atoms with Crippen LogP contribution in [-0.4, -0.2) is 25.3 Å². The Morgan fingerprint density at radius 1 is 1.27 bits per heavy atom. The molecule has 0 fully saturated rings. The summed E-state index contributed by atoms with van der Waals surface area (Å²) in [4.78, 5) is 12.1. The van der Waals surface area contributed by atoms with Crippen molar-refractivity contribution in [3.8, 4) is 23.3 Å². The molecule has 0 N–H and O–H groups in total. The van der Waals surface area contributed by atoms with Crippen molar-refractivity contribution in [2.24, 2.45) is 0 Å². The van der Waals surface area contributed by atoms with Gasteiger partial charge in [0.2, 0.25) is 0 Å². The Hall–Kier alpha value is -2.91. The van der Waals surface area contributed by atoms with Gasteiger partial charge >= 0.3 is 5.97 Å². The summed E-state index contributed by atoms with van der Waals surface area (Å²) in [5.74, 6) is 1.01. The van der Waals surface area contributed by atoms with Gasteiger partial charge in [-0.15, -0.1) is 0 Å². The highest BCUT2D eigenvalue weighted by Gasteiger charge is 2.19. The third-order valence-electron chi connectivity index (χ3n) is 3.67. The van der Waals surface area contributed by atoms with Crippen LogP contribution in [0.4, 0.5) is 0 Å². The first-order valence-electron chi connectivity index (χ1n) is 7.98. The molecule has 0 aliphatic carbocycles. The van der Waals surface area contributed by atoms with Crippen LogP contribution in [0.15, 0.2) is 36.4 Å². The zero-order valence-electron chi connectivity index (χ0n) is 14.0. The van der Waals surface area contributed by atoms with Crippen LogP contribution in [0.25, 0.3) is 0 Å². The van der Waals surface area contributed by atoms with Gasteiger partial charge in [0, 0.05) is 0 Å². The van der Waals surface area contributed by atoms with Gasteiger partial charge in [-0.1, -0.05) is 11.6 Å². The summed E-state index contributed by atoms with van der Waals surface area (Å²) in [6.07, 6.45) is -0.796. The summed E-state index contributed by atoms with van der Waals surface area (Å²) < 4.78 is 21.8. The van der Waals surface area contributed by atoms with Crippen LogP contribution in [0.2, 0.25) is 5.02 Å². The number of halogens is 1. The minimum absolute atomic E-state index is 0.0380. The fourth-order valence-corrected chi connectivity index (χ4v) is 2.67. The van der Waals surface area contributed by atoms with Crippen LogP contribution in [0, 0.1) is 11.3 Å². The fourth-order valence-electron chi connectivity index (χ4n) is 2.38.